The maximum Gasteiger partial charge on any atom is 0.344 e. The topological polar surface area (TPSA) is 39.2 Å². The van der Waals surface area contributed by atoms with Crippen LogP contribution in [0.1, 0.15) is 10.4 Å². The Morgan fingerprint density at radius 3 is 2.18 bits per heavy atom. The van der Waals surface area contributed by atoms with Crippen LogP contribution >= 0.6 is 39.1 Å². The highest BCUT2D eigenvalue weighted by atomic mass is 79.9. The first-order valence-electron chi connectivity index (χ1n) is 8.33. The minimum atomic E-state index is -0.469. The maximum atomic E-state index is 12.9. The lowest BCUT2D eigenvalue weighted by molar-refractivity contribution is 0.0737. The first kappa shape index (κ1) is 18.9. The van der Waals surface area contributed by atoms with Crippen molar-refractivity contribution in [3.63, 3.8) is 0 Å². The Labute approximate surface area is 180 Å². The first-order valence-corrected chi connectivity index (χ1v) is 9.88. The monoisotopic (exact) mass is 471 g/mol. The number of benzene rings is 3. The standard InChI is InChI=1S/C22H12BrCl2NO2/c23-14-3-10-20-18(11-14)19(22(27)28-17-8-6-16(25)7-9-17)12-21(26-20)13-1-4-15(24)5-2-13/h1-12H. The van der Waals surface area contributed by atoms with Gasteiger partial charge >= 0.3 is 5.97 Å². The Kier molecular flexibility index (Phi) is 5.36. The van der Waals surface area contributed by atoms with E-state index in [4.69, 9.17) is 27.9 Å². The molecule has 0 saturated carbocycles. The van der Waals surface area contributed by atoms with Crippen LogP contribution in [0.3, 0.4) is 0 Å². The van der Waals surface area contributed by atoms with E-state index in [0.29, 0.717) is 38.0 Å². The molecule has 0 amide bonds. The van der Waals surface area contributed by atoms with Gasteiger partial charge in [-0.15, -0.1) is 0 Å². The van der Waals surface area contributed by atoms with E-state index < -0.39 is 5.97 Å². The third-order valence-corrected chi connectivity index (χ3v) is 5.15. The Hall–Kier alpha value is -2.40. The molecule has 3 aromatic carbocycles. The third kappa shape index (κ3) is 4.04. The van der Waals surface area contributed by atoms with Gasteiger partial charge in [-0.2, -0.15) is 0 Å². The number of hydrogen-bond acceptors (Lipinski definition) is 3. The fraction of sp³-hybridized carbons (Fsp3) is 0. The molecule has 0 unspecified atom stereocenters. The number of carbonyl (C=O) groups is 1. The summed E-state index contributed by atoms with van der Waals surface area (Å²) in [5, 5.41) is 1.91. The Balaban J connectivity index is 1.82. The molecule has 0 atom stereocenters. The van der Waals surface area contributed by atoms with Crippen LogP contribution in [0.2, 0.25) is 10.0 Å². The van der Waals surface area contributed by atoms with Crippen molar-refractivity contribution in [1.29, 1.82) is 0 Å². The highest BCUT2D eigenvalue weighted by molar-refractivity contribution is 9.10. The van der Waals surface area contributed by atoms with Crippen molar-refractivity contribution < 1.29 is 9.53 Å². The van der Waals surface area contributed by atoms with Gasteiger partial charge in [0.15, 0.2) is 0 Å². The summed E-state index contributed by atoms with van der Waals surface area (Å²) in [6.07, 6.45) is 0. The number of ether oxygens (including phenoxy) is 1. The van der Waals surface area contributed by atoms with Crippen LogP contribution in [-0.2, 0) is 0 Å². The number of pyridine rings is 1. The molecule has 138 valence electrons. The van der Waals surface area contributed by atoms with E-state index in [1.54, 1.807) is 42.5 Å². The number of carbonyl (C=O) groups excluding carboxylic acids is 1. The fourth-order valence-corrected chi connectivity index (χ4v) is 3.41. The van der Waals surface area contributed by atoms with Gasteiger partial charge < -0.3 is 4.74 Å². The van der Waals surface area contributed by atoms with Gasteiger partial charge in [-0.05, 0) is 60.7 Å². The molecule has 0 spiro atoms. The van der Waals surface area contributed by atoms with Gasteiger partial charge in [0.25, 0.3) is 0 Å². The second-order valence-electron chi connectivity index (χ2n) is 6.07. The summed E-state index contributed by atoms with van der Waals surface area (Å²) in [6.45, 7) is 0. The van der Waals surface area contributed by atoms with E-state index in [-0.39, 0.29) is 0 Å². The van der Waals surface area contributed by atoms with Gasteiger partial charge in [0, 0.05) is 25.5 Å². The van der Waals surface area contributed by atoms with Gasteiger partial charge in [-0.25, -0.2) is 9.78 Å². The van der Waals surface area contributed by atoms with Crippen LogP contribution in [0.15, 0.2) is 77.3 Å². The molecule has 3 nitrogen and oxygen atoms in total. The summed E-state index contributed by atoms with van der Waals surface area (Å²) < 4.78 is 6.40. The van der Waals surface area contributed by atoms with Gasteiger partial charge in [0.05, 0.1) is 16.8 Å². The largest absolute Gasteiger partial charge is 0.423 e. The molecule has 6 heteroatoms. The van der Waals surface area contributed by atoms with Gasteiger partial charge in [0.1, 0.15) is 5.75 Å². The van der Waals surface area contributed by atoms with E-state index in [1.165, 1.54) is 0 Å². The van der Waals surface area contributed by atoms with Gasteiger partial charge in [-0.1, -0.05) is 51.3 Å². The SMILES string of the molecule is O=C(Oc1ccc(Cl)cc1)c1cc(-c2ccc(Cl)cc2)nc2ccc(Br)cc12. The van der Waals surface area contributed by atoms with Crippen molar-refractivity contribution in [2.45, 2.75) is 0 Å². The molecule has 0 bridgehead atoms. The summed E-state index contributed by atoms with van der Waals surface area (Å²) in [5.74, 6) is -0.0505. The van der Waals surface area contributed by atoms with Crippen LogP contribution in [0, 0.1) is 0 Å². The van der Waals surface area contributed by atoms with Crippen LogP contribution < -0.4 is 4.74 Å². The first-order chi connectivity index (χ1) is 13.5. The molecule has 0 aliphatic heterocycles. The van der Waals surface area contributed by atoms with Crippen molar-refractivity contribution in [3.05, 3.63) is 92.9 Å². The predicted molar refractivity (Wildman–Crippen MR) is 116 cm³/mol. The van der Waals surface area contributed by atoms with Gasteiger partial charge in [-0.3, -0.25) is 0 Å². The third-order valence-electron chi connectivity index (χ3n) is 4.15. The van der Waals surface area contributed by atoms with Crippen LogP contribution in [0.4, 0.5) is 0 Å². The molecule has 0 radical (unpaired) electrons. The molecule has 0 N–H and O–H groups in total. The van der Waals surface area contributed by atoms with Gasteiger partial charge in [0.2, 0.25) is 0 Å². The van der Waals surface area contributed by atoms with Crippen LogP contribution in [0.25, 0.3) is 22.2 Å². The fourth-order valence-electron chi connectivity index (χ4n) is 2.80. The second-order valence-corrected chi connectivity index (χ2v) is 7.86. The number of aromatic nitrogens is 1. The highest BCUT2D eigenvalue weighted by Gasteiger charge is 2.16. The zero-order valence-corrected chi connectivity index (χ0v) is 17.4. The smallest absolute Gasteiger partial charge is 0.344 e. The molecular formula is C22H12BrCl2NO2. The average Bonchev–Trinajstić information content (AvgIpc) is 2.69. The van der Waals surface area contributed by atoms with E-state index in [9.17, 15) is 4.79 Å². The van der Waals surface area contributed by atoms with Crippen molar-refractivity contribution >= 4 is 56.0 Å². The highest BCUT2D eigenvalue weighted by Crippen LogP contribution is 2.29. The Bertz CT molecular complexity index is 1180. The number of rotatable bonds is 3. The molecular weight excluding hydrogens is 461 g/mol. The summed E-state index contributed by atoms with van der Waals surface area (Å²) >= 11 is 15.3. The van der Waals surface area contributed by atoms with Crippen molar-refractivity contribution in [2.24, 2.45) is 0 Å². The molecule has 1 heterocycles. The number of hydrogen-bond donors (Lipinski definition) is 0. The Morgan fingerprint density at radius 1 is 0.857 bits per heavy atom. The second kappa shape index (κ2) is 7.92. The number of nitrogens with zero attached hydrogens (tertiary/aromatic N) is 1. The average molecular weight is 473 g/mol. The van der Waals surface area contributed by atoms with E-state index >= 15 is 0 Å². The van der Waals surface area contributed by atoms with Crippen molar-refractivity contribution in [3.8, 4) is 17.0 Å². The molecule has 4 aromatic rings. The molecule has 28 heavy (non-hydrogen) atoms. The van der Waals surface area contributed by atoms with Crippen molar-refractivity contribution in [1.82, 2.24) is 4.98 Å². The summed E-state index contributed by atoms with van der Waals surface area (Å²) in [7, 11) is 0. The molecule has 1 aromatic heterocycles. The number of esters is 1. The lowest BCUT2D eigenvalue weighted by Crippen LogP contribution is -2.10. The minimum absolute atomic E-state index is 0.419. The summed E-state index contributed by atoms with van der Waals surface area (Å²) in [4.78, 5) is 17.6. The Morgan fingerprint density at radius 2 is 1.50 bits per heavy atom. The summed E-state index contributed by atoms with van der Waals surface area (Å²) in [5.41, 5.74) is 2.63. The van der Waals surface area contributed by atoms with E-state index in [0.717, 1.165) is 10.0 Å². The normalized spacial score (nSPS) is 10.8. The molecule has 0 fully saturated rings. The quantitative estimate of drug-likeness (QED) is 0.234. The van der Waals surface area contributed by atoms with E-state index in [2.05, 4.69) is 20.9 Å². The number of halogens is 3. The maximum absolute atomic E-state index is 12.9. The number of fused-ring (bicyclic) bond motifs is 1. The molecule has 4 rings (SSSR count). The summed E-state index contributed by atoms with van der Waals surface area (Å²) in [6, 6.07) is 21.3. The predicted octanol–water partition coefficient (Wildman–Crippen LogP) is 7.19. The van der Waals surface area contributed by atoms with Crippen LogP contribution in [0.5, 0.6) is 5.75 Å². The minimum Gasteiger partial charge on any atom is -0.423 e. The van der Waals surface area contributed by atoms with Crippen LogP contribution in [-0.4, -0.2) is 11.0 Å². The van der Waals surface area contributed by atoms with E-state index in [1.807, 2.05) is 30.3 Å². The zero-order valence-electron chi connectivity index (χ0n) is 14.3. The molecule has 0 aliphatic carbocycles. The molecule has 0 saturated heterocycles. The van der Waals surface area contributed by atoms with Crippen molar-refractivity contribution in [2.75, 3.05) is 0 Å². The zero-order chi connectivity index (χ0) is 19.7. The lowest BCUT2D eigenvalue weighted by Gasteiger charge is -2.11. The lowest BCUT2D eigenvalue weighted by atomic mass is 10.0. The molecule has 0 aliphatic rings.